The van der Waals surface area contributed by atoms with Gasteiger partial charge in [-0.15, -0.1) is 0 Å². The van der Waals surface area contributed by atoms with Crippen LogP contribution in [0.1, 0.15) is 41.5 Å². The molecular formula is C16H28N4. The van der Waals surface area contributed by atoms with Crippen LogP contribution in [0.3, 0.4) is 0 Å². The SMILES string of the molecule is C=C/C=C1/C(N)=NN(C(C)C(C)C)/C1=N/CC(C)(C)C. The fourth-order valence-corrected chi connectivity index (χ4v) is 1.77. The Morgan fingerprint density at radius 3 is 2.40 bits per heavy atom. The normalized spacial score (nSPS) is 21.8. The number of hydrogen-bond acceptors (Lipinski definition) is 3. The summed E-state index contributed by atoms with van der Waals surface area (Å²) in [6.07, 6.45) is 3.61. The summed E-state index contributed by atoms with van der Waals surface area (Å²) in [5.41, 5.74) is 7.04. The molecule has 0 aromatic rings. The van der Waals surface area contributed by atoms with Gasteiger partial charge in [-0.25, -0.2) is 5.01 Å². The maximum Gasteiger partial charge on any atom is 0.155 e. The lowest BCUT2D eigenvalue weighted by atomic mass is 9.97. The summed E-state index contributed by atoms with van der Waals surface area (Å²) < 4.78 is 0. The third kappa shape index (κ3) is 3.95. The first-order valence-corrected chi connectivity index (χ1v) is 7.18. The van der Waals surface area contributed by atoms with E-state index in [1.807, 2.05) is 11.1 Å². The minimum atomic E-state index is 0.135. The molecule has 4 nitrogen and oxygen atoms in total. The van der Waals surface area contributed by atoms with Crippen molar-refractivity contribution in [2.45, 2.75) is 47.6 Å². The molecule has 2 N–H and O–H groups in total. The zero-order valence-corrected chi connectivity index (χ0v) is 13.6. The van der Waals surface area contributed by atoms with Gasteiger partial charge < -0.3 is 5.73 Å². The summed E-state index contributed by atoms with van der Waals surface area (Å²) in [5, 5.41) is 6.42. The van der Waals surface area contributed by atoms with Crippen molar-refractivity contribution in [3.8, 4) is 0 Å². The number of hydrogen-bond donors (Lipinski definition) is 1. The molecule has 0 bridgehead atoms. The summed E-state index contributed by atoms with van der Waals surface area (Å²) in [6, 6.07) is 0.253. The van der Waals surface area contributed by atoms with Crippen molar-refractivity contribution in [1.82, 2.24) is 5.01 Å². The molecule has 0 aliphatic carbocycles. The van der Waals surface area contributed by atoms with Gasteiger partial charge >= 0.3 is 0 Å². The molecule has 1 rings (SSSR count). The van der Waals surface area contributed by atoms with E-state index in [2.05, 4.69) is 53.2 Å². The second kappa shape index (κ2) is 6.25. The van der Waals surface area contributed by atoms with Crippen LogP contribution in [0.25, 0.3) is 0 Å². The van der Waals surface area contributed by atoms with Crippen LogP contribution in [0.4, 0.5) is 0 Å². The smallest absolute Gasteiger partial charge is 0.155 e. The lowest BCUT2D eigenvalue weighted by Gasteiger charge is -2.27. The van der Waals surface area contributed by atoms with Crippen molar-refractivity contribution in [3.05, 3.63) is 24.3 Å². The molecule has 1 heterocycles. The van der Waals surface area contributed by atoms with Gasteiger partial charge in [-0.2, -0.15) is 5.10 Å². The van der Waals surface area contributed by atoms with Crippen LogP contribution < -0.4 is 5.73 Å². The molecule has 0 fully saturated rings. The standard InChI is InChI=1S/C16H28N4/c1-8-9-13-14(17)19-20(12(4)11(2)3)15(13)18-10-16(5,6)7/h8-9,11-12H,1,10H2,2-7H3,(H2,17,19)/b13-9-,18-15+. The molecule has 112 valence electrons. The van der Waals surface area contributed by atoms with Gasteiger partial charge in [0.25, 0.3) is 0 Å². The van der Waals surface area contributed by atoms with E-state index in [1.165, 1.54) is 0 Å². The van der Waals surface area contributed by atoms with Crippen molar-refractivity contribution in [3.63, 3.8) is 0 Å². The molecule has 1 aliphatic rings. The van der Waals surface area contributed by atoms with E-state index in [1.54, 1.807) is 6.08 Å². The molecule has 1 unspecified atom stereocenters. The summed E-state index contributed by atoms with van der Waals surface area (Å²) in [5.74, 6) is 1.85. The van der Waals surface area contributed by atoms with Gasteiger partial charge in [0.05, 0.1) is 11.6 Å². The number of nitrogens with two attached hydrogens (primary N) is 1. The molecule has 0 aromatic carbocycles. The van der Waals surface area contributed by atoms with Crippen molar-refractivity contribution in [2.75, 3.05) is 6.54 Å². The Kier molecular flexibility index (Phi) is 5.15. The number of amidine groups is 2. The second-order valence-corrected chi connectivity index (χ2v) is 6.83. The molecule has 0 amide bonds. The van der Waals surface area contributed by atoms with Gasteiger partial charge in [-0.05, 0) is 24.3 Å². The number of aliphatic imine (C=N–C) groups is 1. The monoisotopic (exact) mass is 276 g/mol. The molecular weight excluding hydrogens is 248 g/mol. The number of hydrazone groups is 1. The average Bonchev–Trinajstić information content (AvgIpc) is 2.62. The van der Waals surface area contributed by atoms with Crippen LogP contribution in [0.15, 0.2) is 34.4 Å². The molecule has 4 heteroatoms. The first-order valence-electron chi connectivity index (χ1n) is 7.18. The minimum absolute atomic E-state index is 0.135. The van der Waals surface area contributed by atoms with Gasteiger partial charge in [0.2, 0.25) is 0 Å². The van der Waals surface area contributed by atoms with Crippen molar-refractivity contribution in [1.29, 1.82) is 0 Å². The summed E-state index contributed by atoms with van der Waals surface area (Å²) >= 11 is 0. The molecule has 20 heavy (non-hydrogen) atoms. The zero-order valence-electron chi connectivity index (χ0n) is 13.6. The molecule has 1 atom stereocenters. The number of nitrogens with zero attached hydrogens (tertiary/aromatic N) is 3. The Bertz CT molecular complexity index is 450. The van der Waals surface area contributed by atoms with Gasteiger partial charge in [-0.3, -0.25) is 4.99 Å². The van der Waals surface area contributed by atoms with E-state index in [4.69, 9.17) is 10.7 Å². The van der Waals surface area contributed by atoms with E-state index in [-0.39, 0.29) is 11.5 Å². The topological polar surface area (TPSA) is 54.0 Å². The van der Waals surface area contributed by atoms with Crippen molar-refractivity contribution >= 4 is 11.7 Å². The fourth-order valence-electron chi connectivity index (χ4n) is 1.77. The maximum absolute atomic E-state index is 6.03. The van der Waals surface area contributed by atoms with Crippen molar-refractivity contribution in [2.24, 2.45) is 27.2 Å². The first kappa shape index (κ1) is 16.5. The Balaban J connectivity index is 3.16. The third-order valence-corrected chi connectivity index (χ3v) is 3.29. The summed E-state index contributed by atoms with van der Waals surface area (Å²) in [7, 11) is 0. The Labute approximate surface area is 123 Å². The molecule has 0 saturated heterocycles. The van der Waals surface area contributed by atoms with Gasteiger partial charge in [0.1, 0.15) is 0 Å². The van der Waals surface area contributed by atoms with Crippen LogP contribution in [-0.2, 0) is 0 Å². The van der Waals surface area contributed by atoms with Crippen LogP contribution in [-0.4, -0.2) is 29.3 Å². The van der Waals surface area contributed by atoms with Gasteiger partial charge in [0.15, 0.2) is 11.7 Å². The van der Waals surface area contributed by atoms with Crippen LogP contribution >= 0.6 is 0 Å². The molecule has 0 saturated carbocycles. The Morgan fingerprint density at radius 1 is 1.35 bits per heavy atom. The fraction of sp³-hybridized carbons (Fsp3) is 0.625. The van der Waals surface area contributed by atoms with Gasteiger partial charge in [-0.1, -0.05) is 47.3 Å². The van der Waals surface area contributed by atoms with E-state index in [9.17, 15) is 0 Å². The Hall–Kier alpha value is -1.58. The Morgan fingerprint density at radius 2 is 1.95 bits per heavy atom. The highest BCUT2D eigenvalue weighted by Crippen LogP contribution is 2.23. The van der Waals surface area contributed by atoms with E-state index >= 15 is 0 Å². The minimum Gasteiger partial charge on any atom is -0.382 e. The van der Waals surface area contributed by atoms with Gasteiger partial charge in [0, 0.05) is 6.54 Å². The molecule has 0 spiro atoms. The first-order chi connectivity index (χ1) is 9.17. The highest BCUT2D eigenvalue weighted by molar-refractivity contribution is 6.25. The third-order valence-electron chi connectivity index (χ3n) is 3.29. The average molecular weight is 276 g/mol. The predicted molar refractivity (Wildman–Crippen MR) is 87.8 cm³/mol. The van der Waals surface area contributed by atoms with E-state index in [0.29, 0.717) is 11.8 Å². The van der Waals surface area contributed by atoms with E-state index in [0.717, 1.165) is 18.0 Å². The lowest BCUT2D eigenvalue weighted by molar-refractivity contribution is 0.280. The number of allylic oxidation sites excluding steroid dienone is 2. The zero-order chi connectivity index (χ0) is 15.5. The predicted octanol–water partition coefficient (Wildman–Crippen LogP) is 3.18. The van der Waals surface area contributed by atoms with E-state index < -0.39 is 0 Å². The van der Waals surface area contributed by atoms with Crippen LogP contribution in [0, 0.1) is 11.3 Å². The highest BCUT2D eigenvalue weighted by Gasteiger charge is 2.31. The number of rotatable bonds is 4. The van der Waals surface area contributed by atoms with Crippen LogP contribution in [0.5, 0.6) is 0 Å². The van der Waals surface area contributed by atoms with Crippen molar-refractivity contribution < 1.29 is 0 Å². The molecule has 0 aromatic heterocycles. The molecule has 0 radical (unpaired) electrons. The maximum atomic E-state index is 6.03. The highest BCUT2D eigenvalue weighted by atomic mass is 15.5. The lowest BCUT2D eigenvalue weighted by Crippen LogP contribution is -2.36. The quantitative estimate of drug-likeness (QED) is 0.857. The second-order valence-electron chi connectivity index (χ2n) is 6.83. The summed E-state index contributed by atoms with van der Waals surface area (Å²) in [4.78, 5) is 4.76. The van der Waals surface area contributed by atoms with Crippen LogP contribution in [0.2, 0.25) is 0 Å². The summed E-state index contributed by atoms with van der Waals surface area (Å²) in [6.45, 7) is 17.5. The molecule has 1 aliphatic heterocycles. The largest absolute Gasteiger partial charge is 0.382 e.